The van der Waals surface area contributed by atoms with Crippen LogP contribution < -0.4 is 0 Å². The number of carbonyl (C=O) groups is 2. The third-order valence-electron chi connectivity index (χ3n) is 6.87. The summed E-state index contributed by atoms with van der Waals surface area (Å²) in [4.78, 5) is 20.9. The minimum atomic E-state index is -0.681. The molecule has 202 valence electrons. The van der Waals surface area contributed by atoms with E-state index in [1.165, 1.54) is 77.0 Å². The lowest BCUT2D eigenvalue weighted by atomic mass is 9.72. The molecule has 1 rings (SSSR count). The summed E-state index contributed by atoms with van der Waals surface area (Å²) in [5, 5.41) is 0. The van der Waals surface area contributed by atoms with Crippen LogP contribution in [0.2, 0.25) is 0 Å². The van der Waals surface area contributed by atoms with Crippen LogP contribution in [0, 0.1) is 11.3 Å². The Morgan fingerprint density at radius 3 is 1.44 bits per heavy atom. The highest BCUT2D eigenvalue weighted by Gasteiger charge is 2.30. The molecule has 0 amide bonds. The Bertz CT molecular complexity index is 497. The Hall–Kier alpha value is -0.480. The first kappa shape index (κ1) is 33.5. The second-order valence-electron chi connectivity index (χ2n) is 10.9. The van der Waals surface area contributed by atoms with Crippen molar-refractivity contribution in [3.05, 3.63) is 0 Å². The predicted molar refractivity (Wildman–Crippen MR) is 145 cm³/mol. The summed E-state index contributed by atoms with van der Waals surface area (Å²) in [5.41, 5.74) is -0.973. The number of carbonyl (C=O) groups excluding carboxylic acids is 2. The molecular formula is C28H52Cl2O4. The van der Waals surface area contributed by atoms with Crippen LogP contribution in [0.15, 0.2) is 0 Å². The highest BCUT2D eigenvalue weighted by atomic mass is 35.5. The molecule has 0 unspecified atom stereocenters. The molecule has 34 heavy (non-hydrogen) atoms. The van der Waals surface area contributed by atoms with E-state index in [-0.39, 0.29) is 6.10 Å². The van der Waals surface area contributed by atoms with Gasteiger partial charge in [0, 0.05) is 23.2 Å². The minimum Gasteiger partial charge on any atom is -0.454 e. The Balaban J connectivity index is 0.000000679. The van der Waals surface area contributed by atoms with Crippen molar-refractivity contribution in [2.75, 3.05) is 6.61 Å². The van der Waals surface area contributed by atoms with Crippen molar-refractivity contribution in [2.45, 2.75) is 149 Å². The molecule has 4 nitrogen and oxygen atoms in total. The monoisotopic (exact) mass is 522 g/mol. The lowest BCUT2D eigenvalue weighted by Crippen LogP contribution is -2.29. The predicted octanol–water partition coefficient (Wildman–Crippen LogP) is 10.8. The number of halogens is 2. The van der Waals surface area contributed by atoms with Crippen LogP contribution in [-0.2, 0) is 9.47 Å². The molecule has 0 aromatic heterocycles. The Morgan fingerprint density at radius 2 is 1.09 bits per heavy atom. The van der Waals surface area contributed by atoms with Crippen molar-refractivity contribution in [1.82, 2.24) is 0 Å². The summed E-state index contributed by atoms with van der Waals surface area (Å²) >= 11 is 10.3. The van der Waals surface area contributed by atoms with E-state index >= 15 is 0 Å². The molecular weight excluding hydrogens is 471 g/mol. The van der Waals surface area contributed by atoms with Gasteiger partial charge >= 0.3 is 10.9 Å². The molecule has 0 spiro atoms. The van der Waals surface area contributed by atoms with Gasteiger partial charge in [0.05, 0.1) is 6.61 Å². The minimum absolute atomic E-state index is 0.0543. The first-order valence-corrected chi connectivity index (χ1v) is 14.6. The van der Waals surface area contributed by atoms with E-state index in [1.807, 2.05) is 0 Å². The van der Waals surface area contributed by atoms with Crippen LogP contribution in [0.1, 0.15) is 143 Å². The number of hydrogen-bond acceptors (Lipinski definition) is 4. The fourth-order valence-corrected chi connectivity index (χ4v) is 4.83. The van der Waals surface area contributed by atoms with Gasteiger partial charge in [0.2, 0.25) is 0 Å². The van der Waals surface area contributed by atoms with Gasteiger partial charge < -0.3 is 9.47 Å². The topological polar surface area (TPSA) is 52.6 Å². The van der Waals surface area contributed by atoms with Crippen LogP contribution in [0.25, 0.3) is 0 Å². The summed E-state index contributed by atoms with van der Waals surface area (Å²) in [6.07, 6.45) is 22.9. The molecule has 1 aliphatic rings. The maximum Gasteiger partial charge on any atom is 0.404 e. The van der Waals surface area contributed by atoms with Gasteiger partial charge in [-0.25, -0.2) is 9.59 Å². The standard InChI is InChI=1S/C17H33ClO2.C11H19ClO2/c1-2-3-4-5-6-7-8-9-10-11-12-13-14-15-16-20-17(18)19;1-11(2,3)8-4-6-9(7-5-8)14-10(12)13/h2-16H2,1H3;8-9H,4-7H2,1-3H3. The normalized spacial score (nSPS) is 18.1. The smallest absolute Gasteiger partial charge is 0.404 e. The zero-order chi connectivity index (χ0) is 25.7. The van der Waals surface area contributed by atoms with E-state index in [2.05, 4.69) is 32.4 Å². The zero-order valence-electron chi connectivity index (χ0n) is 22.5. The van der Waals surface area contributed by atoms with Gasteiger partial charge in [-0.2, -0.15) is 0 Å². The molecule has 0 N–H and O–H groups in total. The van der Waals surface area contributed by atoms with Crippen LogP contribution in [0.4, 0.5) is 9.59 Å². The molecule has 0 atom stereocenters. The molecule has 0 aromatic carbocycles. The lowest BCUT2D eigenvalue weighted by molar-refractivity contribution is 0.0586. The van der Waals surface area contributed by atoms with Crippen LogP contribution in [-0.4, -0.2) is 23.6 Å². The lowest BCUT2D eigenvalue weighted by Gasteiger charge is -2.36. The summed E-state index contributed by atoms with van der Waals surface area (Å²) in [5.74, 6) is 0.743. The van der Waals surface area contributed by atoms with Crippen LogP contribution in [0.5, 0.6) is 0 Å². The molecule has 0 radical (unpaired) electrons. The SMILES string of the molecule is CC(C)(C)C1CCC(OC(=O)Cl)CC1.CCCCCCCCCCCCCCCCOC(=O)Cl. The molecule has 1 aliphatic carbocycles. The van der Waals surface area contributed by atoms with Crippen molar-refractivity contribution < 1.29 is 19.1 Å². The third-order valence-corrected chi connectivity index (χ3v) is 7.07. The Morgan fingerprint density at radius 1 is 0.676 bits per heavy atom. The summed E-state index contributed by atoms with van der Waals surface area (Å²) in [6.45, 7) is 9.55. The first-order valence-electron chi connectivity index (χ1n) is 13.8. The van der Waals surface area contributed by atoms with Crippen molar-refractivity contribution in [3.63, 3.8) is 0 Å². The van der Waals surface area contributed by atoms with E-state index in [0.717, 1.165) is 44.4 Å². The fraction of sp³-hybridized carbons (Fsp3) is 0.929. The van der Waals surface area contributed by atoms with Crippen LogP contribution in [0.3, 0.4) is 0 Å². The zero-order valence-corrected chi connectivity index (χ0v) is 24.0. The molecule has 6 heteroatoms. The van der Waals surface area contributed by atoms with Gasteiger partial charge in [0.25, 0.3) is 0 Å². The quantitative estimate of drug-likeness (QED) is 0.149. The second-order valence-corrected chi connectivity index (χ2v) is 11.5. The molecule has 0 bridgehead atoms. The number of rotatable bonds is 16. The number of unbranched alkanes of at least 4 members (excludes halogenated alkanes) is 13. The Labute approximate surface area is 220 Å². The van der Waals surface area contributed by atoms with Crippen LogP contribution >= 0.6 is 23.2 Å². The third kappa shape index (κ3) is 22.0. The maximum atomic E-state index is 10.5. The number of hydrogen-bond donors (Lipinski definition) is 0. The molecule has 1 fully saturated rings. The summed E-state index contributed by atoms with van der Waals surface area (Å²) in [6, 6.07) is 0. The fourth-order valence-electron chi connectivity index (χ4n) is 4.63. The van der Waals surface area contributed by atoms with Gasteiger partial charge in [-0.1, -0.05) is 111 Å². The van der Waals surface area contributed by atoms with E-state index in [9.17, 15) is 9.59 Å². The molecule has 1 saturated carbocycles. The summed E-state index contributed by atoms with van der Waals surface area (Å²) in [7, 11) is 0. The molecule has 0 aliphatic heterocycles. The van der Waals surface area contributed by atoms with Gasteiger partial charge in [0.1, 0.15) is 6.10 Å². The molecule has 0 heterocycles. The van der Waals surface area contributed by atoms with Crippen molar-refractivity contribution in [2.24, 2.45) is 11.3 Å². The van der Waals surface area contributed by atoms with E-state index in [1.54, 1.807) is 0 Å². The average Bonchev–Trinajstić information content (AvgIpc) is 2.76. The number of ether oxygens (including phenoxy) is 2. The van der Waals surface area contributed by atoms with Gasteiger partial charge in [-0.05, 0) is 43.4 Å². The van der Waals surface area contributed by atoms with Gasteiger partial charge in [-0.15, -0.1) is 0 Å². The highest BCUT2D eigenvalue weighted by Crippen LogP contribution is 2.38. The molecule has 0 saturated heterocycles. The van der Waals surface area contributed by atoms with Crippen molar-refractivity contribution in [1.29, 1.82) is 0 Å². The summed E-state index contributed by atoms with van der Waals surface area (Å²) < 4.78 is 9.65. The highest BCUT2D eigenvalue weighted by molar-refractivity contribution is 6.61. The largest absolute Gasteiger partial charge is 0.454 e. The maximum absolute atomic E-state index is 10.5. The first-order chi connectivity index (χ1) is 16.2. The van der Waals surface area contributed by atoms with Gasteiger partial charge in [0.15, 0.2) is 0 Å². The van der Waals surface area contributed by atoms with Crippen molar-refractivity contribution in [3.8, 4) is 0 Å². The van der Waals surface area contributed by atoms with E-state index in [4.69, 9.17) is 27.9 Å². The van der Waals surface area contributed by atoms with E-state index < -0.39 is 10.9 Å². The average molecular weight is 524 g/mol. The van der Waals surface area contributed by atoms with Crippen molar-refractivity contribution >= 4 is 34.1 Å². The van der Waals surface area contributed by atoms with Gasteiger partial charge in [-0.3, -0.25) is 0 Å². The second kappa shape index (κ2) is 21.8. The Kier molecular flexibility index (Phi) is 21.5. The van der Waals surface area contributed by atoms with E-state index in [0.29, 0.717) is 12.0 Å². The molecule has 0 aromatic rings.